The van der Waals surface area contributed by atoms with Crippen molar-refractivity contribution in [2.75, 3.05) is 18.7 Å². The van der Waals surface area contributed by atoms with E-state index in [1.54, 1.807) is 30.5 Å². The first-order chi connectivity index (χ1) is 11.6. The second-order valence-electron chi connectivity index (χ2n) is 4.92. The maximum Gasteiger partial charge on any atom is 0.361 e. The Balaban J connectivity index is 1.53. The van der Waals surface area contributed by atoms with Gasteiger partial charge in [0.25, 0.3) is 0 Å². The number of ether oxygens (including phenoxy) is 1. The number of benzene rings is 1. The van der Waals surface area contributed by atoms with Crippen LogP contribution in [0.25, 0.3) is 5.65 Å². The van der Waals surface area contributed by atoms with Crippen LogP contribution in [0.5, 0.6) is 5.75 Å². The summed E-state index contributed by atoms with van der Waals surface area (Å²) in [7, 11) is 0. The van der Waals surface area contributed by atoms with Gasteiger partial charge in [-0.2, -0.15) is 9.61 Å². The van der Waals surface area contributed by atoms with Crippen molar-refractivity contribution in [3.05, 3.63) is 48.4 Å². The van der Waals surface area contributed by atoms with E-state index >= 15 is 0 Å². The molecule has 0 fully saturated rings. The van der Waals surface area contributed by atoms with Gasteiger partial charge in [0.1, 0.15) is 18.4 Å². The van der Waals surface area contributed by atoms with Crippen LogP contribution in [0.15, 0.2) is 42.9 Å². The molecule has 3 rings (SSSR count). The zero-order valence-electron chi connectivity index (χ0n) is 12.6. The number of fused-ring (bicyclic) bond motifs is 1. The number of halogens is 1. The molecule has 2 N–H and O–H groups in total. The molecule has 1 unspecified atom stereocenters. The van der Waals surface area contributed by atoms with E-state index in [-0.39, 0.29) is 12.3 Å². The Morgan fingerprint density at radius 3 is 2.83 bits per heavy atom. The Hall–Kier alpha value is -2.15. The van der Waals surface area contributed by atoms with E-state index in [1.807, 2.05) is 6.07 Å². The monoisotopic (exact) mass is 367 g/mol. The zero-order valence-corrected chi connectivity index (χ0v) is 14.2. The van der Waals surface area contributed by atoms with E-state index < -0.39 is 6.72 Å². The first kappa shape index (κ1) is 16.7. The van der Waals surface area contributed by atoms with E-state index in [2.05, 4.69) is 15.1 Å². The Labute approximate surface area is 142 Å². The number of hydrogen-bond acceptors (Lipinski definition) is 7. The van der Waals surface area contributed by atoms with Crippen LogP contribution >= 0.6 is 18.0 Å². The summed E-state index contributed by atoms with van der Waals surface area (Å²) in [6.45, 7) is -3.10. The van der Waals surface area contributed by atoms with Gasteiger partial charge in [0.2, 0.25) is 5.95 Å². The Bertz CT molecular complexity index is 873. The predicted octanol–water partition coefficient (Wildman–Crippen LogP) is 2.73. The van der Waals surface area contributed by atoms with E-state index in [0.717, 1.165) is 5.56 Å². The highest BCUT2D eigenvalue weighted by Gasteiger charge is 2.21. The SMILES string of the molecule is Nc1ncnc2c(CCOCP(=O)(Cl)Oc3ccccc3)cnn12. The molecule has 0 saturated carbocycles. The van der Waals surface area contributed by atoms with Crippen LogP contribution in [0.2, 0.25) is 0 Å². The molecule has 1 atom stereocenters. The second kappa shape index (κ2) is 7.17. The van der Waals surface area contributed by atoms with E-state index in [0.29, 0.717) is 24.4 Å². The molecule has 3 aromatic rings. The van der Waals surface area contributed by atoms with Gasteiger partial charge in [-0.3, -0.25) is 4.57 Å². The highest BCUT2D eigenvalue weighted by Crippen LogP contribution is 2.52. The van der Waals surface area contributed by atoms with Crippen LogP contribution in [0.3, 0.4) is 0 Å². The summed E-state index contributed by atoms with van der Waals surface area (Å²) in [5, 5.41) is 4.11. The van der Waals surface area contributed by atoms with Crippen LogP contribution in [-0.4, -0.2) is 32.5 Å². The molecule has 0 bridgehead atoms. The maximum atomic E-state index is 12.2. The molecule has 8 nitrogen and oxygen atoms in total. The Morgan fingerprint density at radius 2 is 2.04 bits per heavy atom. The number of nitrogen functional groups attached to an aromatic ring is 1. The van der Waals surface area contributed by atoms with Crippen molar-refractivity contribution in [2.24, 2.45) is 0 Å². The molecule has 24 heavy (non-hydrogen) atoms. The lowest BCUT2D eigenvalue weighted by Crippen LogP contribution is -2.04. The minimum atomic E-state index is -3.39. The molecule has 0 saturated heterocycles. The maximum absolute atomic E-state index is 12.2. The average molecular weight is 368 g/mol. The van der Waals surface area contributed by atoms with Crippen molar-refractivity contribution < 1.29 is 13.8 Å². The number of nitrogens with two attached hydrogens (primary N) is 1. The summed E-state index contributed by atoms with van der Waals surface area (Å²) >= 11 is 5.90. The summed E-state index contributed by atoms with van der Waals surface area (Å²) in [5.74, 6) is 0.697. The summed E-state index contributed by atoms with van der Waals surface area (Å²) in [6.07, 6.45) is 3.34. The van der Waals surface area contributed by atoms with Crippen molar-refractivity contribution >= 4 is 29.6 Å². The van der Waals surface area contributed by atoms with Gasteiger partial charge in [-0.25, -0.2) is 9.97 Å². The molecule has 0 aliphatic carbocycles. The molecule has 2 heterocycles. The van der Waals surface area contributed by atoms with Crippen molar-refractivity contribution in [1.29, 1.82) is 0 Å². The first-order valence-electron chi connectivity index (χ1n) is 7.09. The van der Waals surface area contributed by atoms with Crippen molar-refractivity contribution in [1.82, 2.24) is 19.6 Å². The number of aromatic nitrogens is 4. The van der Waals surface area contributed by atoms with Gasteiger partial charge >= 0.3 is 6.72 Å². The molecule has 10 heteroatoms. The van der Waals surface area contributed by atoms with Gasteiger partial charge in [0.05, 0.1) is 12.8 Å². The third kappa shape index (κ3) is 4.03. The fourth-order valence-corrected chi connectivity index (χ4v) is 3.36. The van der Waals surface area contributed by atoms with Crippen molar-refractivity contribution in [3.63, 3.8) is 0 Å². The zero-order chi connectivity index (χ0) is 17.0. The fourth-order valence-electron chi connectivity index (χ4n) is 2.08. The normalized spacial score (nSPS) is 13.7. The third-order valence-corrected chi connectivity index (χ3v) is 4.62. The smallest absolute Gasteiger partial charge is 0.361 e. The molecule has 2 aromatic heterocycles. The Kier molecular flexibility index (Phi) is 4.99. The molecule has 0 radical (unpaired) electrons. The first-order valence-corrected chi connectivity index (χ1v) is 9.81. The molecule has 1 aromatic carbocycles. The molecule has 0 aliphatic heterocycles. The summed E-state index contributed by atoms with van der Waals surface area (Å²) < 4.78 is 24.3. The number of hydrogen-bond donors (Lipinski definition) is 1. The number of anilines is 1. The molecular weight excluding hydrogens is 353 g/mol. The highest BCUT2D eigenvalue weighted by atomic mass is 35.7. The third-order valence-electron chi connectivity index (χ3n) is 3.15. The van der Waals surface area contributed by atoms with E-state index in [4.69, 9.17) is 26.2 Å². The van der Waals surface area contributed by atoms with Gasteiger partial charge < -0.3 is 15.0 Å². The summed E-state index contributed by atoms with van der Waals surface area (Å²) in [6, 6.07) is 8.73. The number of rotatable bonds is 7. The quantitative estimate of drug-likeness (QED) is 0.505. The van der Waals surface area contributed by atoms with E-state index in [1.165, 1.54) is 10.8 Å². The van der Waals surface area contributed by atoms with Gasteiger partial charge in [-0.15, -0.1) is 0 Å². The van der Waals surface area contributed by atoms with Crippen molar-refractivity contribution in [3.8, 4) is 5.75 Å². The van der Waals surface area contributed by atoms with E-state index in [9.17, 15) is 4.57 Å². The van der Waals surface area contributed by atoms with Crippen LogP contribution in [0.4, 0.5) is 5.95 Å². The second-order valence-corrected chi connectivity index (χ2v) is 8.09. The Morgan fingerprint density at radius 1 is 1.25 bits per heavy atom. The largest absolute Gasteiger partial charge is 0.431 e. The average Bonchev–Trinajstić information content (AvgIpc) is 2.97. The minimum absolute atomic E-state index is 0.195. The van der Waals surface area contributed by atoms with Crippen LogP contribution in [0.1, 0.15) is 5.56 Å². The minimum Gasteiger partial charge on any atom is -0.431 e. The topological polar surface area (TPSA) is 105 Å². The standard InChI is InChI=1S/C14H15ClN5O3P/c15-24(21,23-12-4-2-1-3-5-12)10-22-7-6-11-8-19-20-13(11)17-9-18-14(20)16/h1-5,8-9H,6-7,10H2,(H2,16,17,18). The number of nitrogens with zero attached hydrogens (tertiary/aromatic N) is 4. The lowest BCUT2D eigenvalue weighted by atomic mass is 10.2. The fraction of sp³-hybridized carbons (Fsp3) is 0.214. The number of para-hydroxylation sites is 1. The molecule has 0 spiro atoms. The predicted molar refractivity (Wildman–Crippen MR) is 90.2 cm³/mol. The van der Waals surface area contributed by atoms with Gasteiger partial charge in [0.15, 0.2) is 5.65 Å². The molecule has 0 aliphatic rings. The van der Waals surface area contributed by atoms with Crippen LogP contribution in [-0.2, 0) is 15.7 Å². The summed E-state index contributed by atoms with van der Waals surface area (Å²) in [4.78, 5) is 7.99. The van der Waals surface area contributed by atoms with Gasteiger partial charge in [-0.1, -0.05) is 18.2 Å². The summed E-state index contributed by atoms with van der Waals surface area (Å²) in [5.41, 5.74) is 7.16. The molecule has 0 amide bonds. The highest BCUT2D eigenvalue weighted by molar-refractivity contribution is 7.85. The lowest BCUT2D eigenvalue weighted by molar-refractivity contribution is 0.175. The van der Waals surface area contributed by atoms with Crippen LogP contribution in [0, 0.1) is 0 Å². The van der Waals surface area contributed by atoms with Gasteiger partial charge in [-0.05, 0) is 23.4 Å². The molecule has 126 valence electrons. The molecular formula is C14H15ClN5O3P. The van der Waals surface area contributed by atoms with Crippen LogP contribution < -0.4 is 10.3 Å². The van der Waals surface area contributed by atoms with Gasteiger partial charge in [0, 0.05) is 12.0 Å². The lowest BCUT2D eigenvalue weighted by Gasteiger charge is -2.12. The van der Waals surface area contributed by atoms with Crippen molar-refractivity contribution in [2.45, 2.75) is 6.42 Å².